The molecule has 2 aromatic rings. The second kappa shape index (κ2) is 3.63. The highest BCUT2D eigenvalue weighted by atomic mass is 15.0. The standard InChI is InChI=1S/C14H18N2.H2/c1-3-12-14-11(8-9(2)15-12)10-6-4-5-7-13(10)16-14;/h4-7,9,12,15-16H,3,8H2,1-2H3;1H/t9-,12-;/m1./s1. The molecular weight excluding hydrogens is 196 g/mol. The van der Waals surface area contributed by atoms with E-state index in [9.17, 15) is 0 Å². The number of para-hydroxylation sites is 1. The van der Waals surface area contributed by atoms with Gasteiger partial charge in [0, 0.05) is 30.1 Å². The van der Waals surface area contributed by atoms with E-state index >= 15 is 0 Å². The van der Waals surface area contributed by atoms with Crippen molar-refractivity contribution in [2.45, 2.75) is 38.8 Å². The van der Waals surface area contributed by atoms with Gasteiger partial charge in [-0.05, 0) is 31.4 Å². The smallest absolute Gasteiger partial charge is 0.0475 e. The van der Waals surface area contributed by atoms with E-state index in [0.717, 1.165) is 12.8 Å². The maximum absolute atomic E-state index is 3.65. The van der Waals surface area contributed by atoms with E-state index in [1.807, 2.05) is 0 Å². The molecule has 16 heavy (non-hydrogen) atoms. The molecule has 0 fully saturated rings. The van der Waals surface area contributed by atoms with Crippen LogP contribution in [0.5, 0.6) is 0 Å². The van der Waals surface area contributed by atoms with Gasteiger partial charge in [0.05, 0.1) is 0 Å². The van der Waals surface area contributed by atoms with Crippen molar-refractivity contribution in [3.8, 4) is 0 Å². The normalized spacial score (nSPS) is 24.6. The van der Waals surface area contributed by atoms with Crippen LogP contribution in [0.1, 0.15) is 39.0 Å². The summed E-state index contributed by atoms with van der Waals surface area (Å²) in [4.78, 5) is 3.58. The summed E-state index contributed by atoms with van der Waals surface area (Å²) >= 11 is 0. The molecular formula is C14H20N2. The molecule has 2 heterocycles. The van der Waals surface area contributed by atoms with Crippen LogP contribution >= 0.6 is 0 Å². The molecule has 0 spiro atoms. The van der Waals surface area contributed by atoms with Gasteiger partial charge >= 0.3 is 0 Å². The fourth-order valence-electron chi connectivity index (χ4n) is 2.85. The molecule has 0 aliphatic carbocycles. The maximum atomic E-state index is 3.65. The van der Waals surface area contributed by atoms with E-state index in [1.165, 1.54) is 22.2 Å². The van der Waals surface area contributed by atoms with Gasteiger partial charge in [0.2, 0.25) is 0 Å². The first-order valence-corrected chi connectivity index (χ1v) is 6.15. The Morgan fingerprint density at radius 1 is 1.38 bits per heavy atom. The molecule has 2 heteroatoms. The average Bonchev–Trinajstić information content (AvgIpc) is 2.67. The van der Waals surface area contributed by atoms with Gasteiger partial charge in [-0.2, -0.15) is 0 Å². The molecule has 0 saturated heterocycles. The lowest BCUT2D eigenvalue weighted by molar-refractivity contribution is 0.410. The summed E-state index contributed by atoms with van der Waals surface area (Å²) in [7, 11) is 0. The van der Waals surface area contributed by atoms with E-state index in [1.54, 1.807) is 0 Å². The van der Waals surface area contributed by atoms with Gasteiger partial charge in [-0.15, -0.1) is 0 Å². The summed E-state index contributed by atoms with van der Waals surface area (Å²) in [5.41, 5.74) is 4.21. The van der Waals surface area contributed by atoms with Crippen LogP contribution in [0.3, 0.4) is 0 Å². The Morgan fingerprint density at radius 2 is 2.19 bits per heavy atom. The van der Waals surface area contributed by atoms with E-state index in [2.05, 4.69) is 48.4 Å². The van der Waals surface area contributed by atoms with Crippen molar-refractivity contribution in [1.29, 1.82) is 0 Å². The highest BCUT2D eigenvalue weighted by Gasteiger charge is 2.25. The summed E-state index contributed by atoms with van der Waals surface area (Å²) in [6, 6.07) is 9.70. The van der Waals surface area contributed by atoms with Crippen molar-refractivity contribution in [3.05, 3.63) is 35.5 Å². The van der Waals surface area contributed by atoms with Gasteiger partial charge in [-0.1, -0.05) is 25.1 Å². The Hall–Kier alpha value is -1.28. The molecule has 1 aromatic carbocycles. The first-order chi connectivity index (χ1) is 7.79. The lowest BCUT2D eigenvalue weighted by Gasteiger charge is -2.28. The molecule has 0 unspecified atom stereocenters. The maximum Gasteiger partial charge on any atom is 0.0475 e. The van der Waals surface area contributed by atoms with Crippen LogP contribution in [-0.4, -0.2) is 11.0 Å². The van der Waals surface area contributed by atoms with Crippen molar-refractivity contribution in [2.75, 3.05) is 0 Å². The highest BCUT2D eigenvalue weighted by molar-refractivity contribution is 5.85. The van der Waals surface area contributed by atoms with Crippen LogP contribution in [0.25, 0.3) is 10.9 Å². The number of aromatic amines is 1. The molecule has 3 rings (SSSR count). The number of aromatic nitrogens is 1. The third kappa shape index (κ3) is 1.37. The summed E-state index contributed by atoms with van der Waals surface area (Å²) < 4.78 is 0. The molecule has 1 aliphatic heterocycles. The van der Waals surface area contributed by atoms with Crippen molar-refractivity contribution < 1.29 is 1.43 Å². The van der Waals surface area contributed by atoms with Gasteiger partial charge in [-0.25, -0.2) is 0 Å². The molecule has 0 radical (unpaired) electrons. The first-order valence-electron chi connectivity index (χ1n) is 6.15. The number of benzene rings is 1. The number of hydrogen-bond donors (Lipinski definition) is 2. The predicted molar refractivity (Wildman–Crippen MR) is 69.7 cm³/mol. The van der Waals surface area contributed by atoms with Gasteiger partial charge < -0.3 is 10.3 Å². The third-order valence-electron chi connectivity index (χ3n) is 3.60. The Kier molecular flexibility index (Phi) is 2.25. The van der Waals surface area contributed by atoms with Crippen molar-refractivity contribution in [1.82, 2.24) is 10.3 Å². The topological polar surface area (TPSA) is 27.8 Å². The minimum absolute atomic E-state index is 0. The molecule has 2 nitrogen and oxygen atoms in total. The molecule has 0 saturated carbocycles. The molecule has 1 aliphatic rings. The third-order valence-corrected chi connectivity index (χ3v) is 3.60. The Balaban J connectivity index is 0.00000108. The largest absolute Gasteiger partial charge is 0.357 e. The van der Waals surface area contributed by atoms with Crippen molar-refractivity contribution >= 4 is 10.9 Å². The molecule has 0 amide bonds. The van der Waals surface area contributed by atoms with E-state index < -0.39 is 0 Å². The molecule has 0 bridgehead atoms. The minimum Gasteiger partial charge on any atom is -0.357 e. The van der Waals surface area contributed by atoms with Gasteiger partial charge in [-0.3, -0.25) is 0 Å². The molecule has 1 aromatic heterocycles. The van der Waals surface area contributed by atoms with Crippen LogP contribution < -0.4 is 5.32 Å². The van der Waals surface area contributed by atoms with Crippen LogP contribution in [0.4, 0.5) is 0 Å². The second-order valence-electron chi connectivity index (χ2n) is 4.80. The molecule has 86 valence electrons. The summed E-state index contributed by atoms with van der Waals surface area (Å²) in [5.74, 6) is 0. The van der Waals surface area contributed by atoms with Crippen molar-refractivity contribution in [3.63, 3.8) is 0 Å². The minimum atomic E-state index is 0. The lowest BCUT2D eigenvalue weighted by atomic mass is 9.94. The number of nitrogens with one attached hydrogen (secondary N) is 2. The number of rotatable bonds is 1. The average molecular weight is 216 g/mol. The molecule has 2 atom stereocenters. The van der Waals surface area contributed by atoms with Crippen LogP contribution in [-0.2, 0) is 6.42 Å². The zero-order chi connectivity index (χ0) is 11.1. The summed E-state index contributed by atoms with van der Waals surface area (Å²) in [5, 5.41) is 5.06. The number of H-pyrrole nitrogens is 1. The summed E-state index contributed by atoms with van der Waals surface area (Å²) in [6.07, 6.45) is 2.28. The Morgan fingerprint density at radius 3 is 3.00 bits per heavy atom. The SMILES string of the molecule is CC[C@H]1N[C@H](C)Cc2c1[nH]c1ccccc21.[HH]. The second-order valence-corrected chi connectivity index (χ2v) is 4.80. The Bertz CT molecular complexity index is 518. The quantitative estimate of drug-likeness (QED) is 0.751. The van der Waals surface area contributed by atoms with E-state index in [-0.39, 0.29) is 1.43 Å². The van der Waals surface area contributed by atoms with Gasteiger partial charge in [0.15, 0.2) is 0 Å². The predicted octanol–water partition coefficient (Wildman–Crippen LogP) is 3.40. The fourth-order valence-corrected chi connectivity index (χ4v) is 2.85. The zero-order valence-corrected chi connectivity index (χ0v) is 9.88. The Labute approximate surface area is 97.5 Å². The number of hydrogen-bond acceptors (Lipinski definition) is 1. The van der Waals surface area contributed by atoms with Crippen LogP contribution in [0.2, 0.25) is 0 Å². The first kappa shape index (κ1) is 9.91. The number of fused-ring (bicyclic) bond motifs is 3. The lowest BCUT2D eigenvalue weighted by Crippen LogP contribution is -2.36. The van der Waals surface area contributed by atoms with Gasteiger partial charge in [0.25, 0.3) is 0 Å². The van der Waals surface area contributed by atoms with Crippen molar-refractivity contribution in [2.24, 2.45) is 0 Å². The monoisotopic (exact) mass is 216 g/mol. The van der Waals surface area contributed by atoms with Gasteiger partial charge in [0.1, 0.15) is 0 Å². The van der Waals surface area contributed by atoms with E-state index in [4.69, 9.17) is 0 Å². The molecule has 2 N–H and O–H groups in total. The fraction of sp³-hybridized carbons (Fsp3) is 0.429. The summed E-state index contributed by atoms with van der Waals surface area (Å²) in [6.45, 7) is 4.51. The van der Waals surface area contributed by atoms with Crippen LogP contribution in [0.15, 0.2) is 24.3 Å². The van der Waals surface area contributed by atoms with Crippen LogP contribution in [0, 0.1) is 0 Å². The van der Waals surface area contributed by atoms with E-state index in [0.29, 0.717) is 12.1 Å². The zero-order valence-electron chi connectivity index (χ0n) is 9.88. The highest BCUT2D eigenvalue weighted by Crippen LogP contribution is 2.32.